The lowest BCUT2D eigenvalue weighted by atomic mass is 9.70. The molecule has 2 bridgehead atoms. The van der Waals surface area contributed by atoms with Crippen molar-refractivity contribution in [2.45, 2.75) is 67.1 Å². The second-order valence-corrected chi connectivity index (χ2v) is 15.6. The van der Waals surface area contributed by atoms with Crippen LogP contribution < -0.4 is 5.32 Å². The maximum atomic E-state index is 15.2. The largest absolute Gasteiger partial charge is 0.455 e. The SMILES string of the molecule is C=CCCC(=O)NC[C@H](OC(=O)[C@@H]1[C@H]2O[C@@]3(CC2Br)[C@H](C(=O)N(CC=C)Cn2nnc4ccccc42)N([C@@H](CO)Cc2ccccc2)C(=O)[C@@H]13)c1ccccc1. The van der Waals surface area contributed by atoms with Gasteiger partial charge in [-0.1, -0.05) is 106 Å². The third-order valence-corrected chi connectivity index (χ3v) is 11.9. The summed E-state index contributed by atoms with van der Waals surface area (Å²) in [5, 5.41) is 22.4. The number of amides is 3. The Morgan fingerprint density at radius 3 is 2.48 bits per heavy atom. The van der Waals surface area contributed by atoms with E-state index in [-0.39, 0.29) is 44.9 Å². The number of nitrogens with one attached hydrogen (secondary N) is 1. The molecule has 3 fully saturated rings. The van der Waals surface area contributed by atoms with Crippen molar-refractivity contribution < 1.29 is 33.8 Å². The van der Waals surface area contributed by atoms with Gasteiger partial charge in [0.15, 0.2) is 0 Å². The molecule has 13 nitrogen and oxygen atoms in total. The summed E-state index contributed by atoms with van der Waals surface area (Å²) in [5.74, 6) is -3.99. The Labute approximate surface area is 333 Å². The Bertz CT molecular complexity index is 2080. The maximum absolute atomic E-state index is 15.2. The van der Waals surface area contributed by atoms with E-state index in [0.29, 0.717) is 23.0 Å². The first-order valence-electron chi connectivity index (χ1n) is 18.8. The monoisotopic (exact) mass is 824 g/mol. The number of aliphatic hydroxyl groups excluding tert-OH is 1. The van der Waals surface area contributed by atoms with Gasteiger partial charge < -0.3 is 29.7 Å². The molecule has 3 aliphatic heterocycles. The zero-order valence-corrected chi connectivity index (χ0v) is 32.4. The van der Waals surface area contributed by atoms with Crippen molar-refractivity contribution in [3.05, 3.63) is 121 Å². The van der Waals surface area contributed by atoms with Crippen LogP contribution in [0.4, 0.5) is 0 Å². The first-order valence-corrected chi connectivity index (χ1v) is 19.7. The third-order valence-electron chi connectivity index (χ3n) is 11.0. The minimum Gasteiger partial charge on any atom is -0.455 e. The van der Waals surface area contributed by atoms with Gasteiger partial charge in [0, 0.05) is 17.8 Å². The molecule has 0 radical (unpaired) electrons. The minimum absolute atomic E-state index is 0.00294. The number of para-hydroxylation sites is 1. The Morgan fingerprint density at radius 2 is 1.77 bits per heavy atom. The highest BCUT2D eigenvalue weighted by molar-refractivity contribution is 9.09. The molecule has 1 spiro atoms. The number of carbonyl (C=O) groups is 4. The molecule has 0 aliphatic carbocycles. The van der Waals surface area contributed by atoms with E-state index >= 15 is 9.59 Å². The second kappa shape index (κ2) is 16.9. The number of alkyl halides is 1. The van der Waals surface area contributed by atoms with Gasteiger partial charge in [-0.2, -0.15) is 0 Å². The van der Waals surface area contributed by atoms with Gasteiger partial charge in [0.1, 0.15) is 29.9 Å². The number of aliphatic hydroxyl groups is 1. The third kappa shape index (κ3) is 7.40. The van der Waals surface area contributed by atoms with Gasteiger partial charge in [-0.25, -0.2) is 4.68 Å². The zero-order chi connectivity index (χ0) is 39.4. The molecular weight excluding hydrogens is 780 g/mol. The number of hydrogen-bond acceptors (Lipinski definition) is 9. The number of likely N-dealkylation sites (tertiary alicyclic amines) is 1. The van der Waals surface area contributed by atoms with Gasteiger partial charge in [-0.05, 0) is 42.5 Å². The fraction of sp³-hybridized carbons (Fsp3) is 0.381. The summed E-state index contributed by atoms with van der Waals surface area (Å²) in [4.78, 5) is 60.0. The Balaban J connectivity index is 1.25. The van der Waals surface area contributed by atoms with Crippen LogP contribution in [-0.2, 0) is 41.7 Å². The fourth-order valence-electron chi connectivity index (χ4n) is 8.52. The standard InChI is InChI=1S/C42H45BrN6O7/c1-3-5-20-34(51)44-24-33(28-16-10-7-11-17-28)55-41(54)35-36-39(52)49(29(25-50)22-27-14-8-6-9-15-27)38(42(36)23-30(43)37(35)56-42)40(53)47(21-4-2)26-48-32-19-13-12-18-31(32)45-46-48/h3-4,6-19,29-30,33,35-38,50H,1-2,5,20-26H2,(H,44,51)/t29-,30?,33+,35+,36-,37+,38+,42-/m1/s1. The van der Waals surface area contributed by atoms with E-state index in [2.05, 4.69) is 44.7 Å². The van der Waals surface area contributed by atoms with E-state index in [4.69, 9.17) is 9.47 Å². The molecule has 1 unspecified atom stereocenters. The molecule has 7 rings (SSSR count). The lowest BCUT2D eigenvalue weighted by Crippen LogP contribution is -2.59. The minimum atomic E-state index is -1.44. The number of fused-ring (bicyclic) bond motifs is 2. The highest BCUT2D eigenvalue weighted by Gasteiger charge is 2.77. The van der Waals surface area contributed by atoms with Crippen molar-refractivity contribution in [1.82, 2.24) is 30.1 Å². The van der Waals surface area contributed by atoms with Crippen LogP contribution in [0.15, 0.2) is 110 Å². The van der Waals surface area contributed by atoms with Gasteiger partial charge in [0.25, 0.3) is 0 Å². The topological polar surface area (TPSA) is 156 Å². The fourth-order valence-corrected chi connectivity index (χ4v) is 9.46. The molecule has 8 atom stereocenters. The predicted octanol–water partition coefficient (Wildman–Crippen LogP) is 4.12. The molecule has 3 amide bonds. The molecule has 2 N–H and O–H groups in total. The van der Waals surface area contributed by atoms with E-state index in [0.717, 1.165) is 5.56 Å². The van der Waals surface area contributed by atoms with E-state index in [9.17, 15) is 14.7 Å². The smallest absolute Gasteiger partial charge is 0.313 e. The molecule has 4 heterocycles. The number of esters is 1. The van der Waals surface area contributed by atoms with Gasteiger partial charge in [-0.15, -0.1) is 18.3 Å². The second-order valence-electron chi connectivity index (χ2n) is 14.5. The summed E-state index contributed by atoms with van der Waals surface area (Å²) in [5.41, 5.74) is 1.46. The highest BCUT2D eigenvalue weighted by atomic mass is 79.9. The molecule has 4 aromatic rings. The van der Waals surface area contributed by atoms with Crippen LogP contribution in [0.25, 0.3) is 11.0 Å². The van der Waals surface area contributed by atoms with E-state index in [1.54, 1.807) is 33.9 Å². The molecule has 3 aromatic carbocycles. The predicted molar refractivity (Wildman–Crippen MR) is 211 cm³/mol. The van der Waals surface area contributed by atoms with Crippen LogP contribution in [-0.4, -0.2) is 102 Å². The van der Waals surface area contributed by atoms with Crippen LogP contribution >= 0.6 is 15.9 Å². The van der Waals surface area contributed by atoms with Gasteiger partial charge >= 0.3 is 5.97 Å². The average Bonchev–Trinajstić information content (AvgIpc) is 3.94. The van der Waals surface area contributed by atoms with Crippen LogP contribution in [0.2, 0.25) is 0 Å². The number of allylic oxidation sites excluding steroid dienone is 1. The number of halogens is 1. The molecule has 3 aliphatic rings. The van der Waals surface area contributed by atoms with Crippen LogP contribution in [0, 0.1) is 11.8 Å². The van der Waals surface area contributed by atoms with Crippen molar-refractivity contribution in [2.24, 2.45) is 11.8 Å². The Morgan fingerprint density at radius 1 is 1.05 bits per heavy atom. The normalized spacial score (nSPS) is 24.7. The van der Waals surface area contributed by atoms with Crippen molar-refractivity contribution in [3.63, 3.8) is 0 Å². The van der Waals surface area contributed by atoms with Gasteiger partial charge in [0.05, 0.1) is 42.6 Å². The Kier molecular flexibility index (Phi) is 11.8. The summed E-state index contributed by atoms with van der Waals surface area (Å²) in [6.45, 7) is 7.25. The van der Waals surface area contributed by atoms with E-state index < -0.39 is 70.9 Å². The number of hydrogen-bond donors (Lipinski definition) is 2. The molecule has 14 heteroatoms. The summed E-state index contributed by atoms with van der Waals surface area (Å²) in [6.07, 6.45) is 2.84. The lowest BCUT2D eigenvalue weighted by molar-refractivity contribution is -0.161. The summed E-state index contributed by atoms with van der Waals surface area (Å²) in [6, 6.07) is 23.8. The van der Waals surface area contributed by atoms with Gasteiger partial charge in [-0.3, -0.25) is 19.2 Å². The van der Waals surface area contributed by atoms with Crippen LogP contribution in [0.3, 0.4) is 0 Å². The first-order chi connectivity index (χ1) is 27.2. The van der Waals surface area contributed by atoms with Crippen molar-refractivity contribution in [2.75, 3.05) is 19.7 Å². The van der Waals surface area contributed by atoms with Crippen molar-refractivity contribution in [3.8, 4) is 0 Å². The molecule has 3 saturated heterocycles. The molecule has 292 valence electrons. The number of aromatic nitrogens is 3. The lowest BCUT2D eigenvalue weighted by Gasteiger charge is -2.39. The number of ether oxygens (including phenoxy) is 2. The number of nitrogens with zero attached hydrogens (tertiary/aromatic N) is 5. The highest BCUT2D eigenvalue weighted by Crippen LogP contribution is 2.61. The van der Waals surface area contributed by atoms with Crippen LogP contribution in [0.1, 0.15) is 36.5 Å². The zero-order valence-electron chi connectivity index (χ0n) is 30.9. The van der Waals surface area contributed by atoms with E-state index in [1.165, 1.54) is 4.90 Å². The molecular formula is C42H45BrN6O7. The first kappa shape index (κ1) is 39.1. The molecule has 56 heavy (non-hydrogen) atoms. The van der Waals surface area contributed by atoms with Gasteiger partial charge in [0.2, 0.25) is 17.7 Å². The number of carbonyl (C=O) groups excluding carboxylic acids is 4. The van der Waals surface area contributed by atoms with Crippen molar-refractivity contribution >= 4 is 50.7 Å². The Hall–Kier alpha value is -5.18. The van der Waals surface area contributed by atoms with Crippen LogP contribution in [0.5, 0.6) is 0 Å². The molecule has 1 aromatic heterocycles. The summed E-state index contributed by atoms with van der Waals surface area (Å²) < 4.78 is 14.6. The quantitative estimate of drug-likeness (QED) is 0.0909. The van der Waals surface area contributed by atoms with E-state index in [1.807, 2.05) is 72.8 Å². The number of rotatable bonds is 17. The molecule has 0 saturated carbocycles. The average molecular weight is 826 g/mol. The summed E-state index contributed by atoms with van der Waals surface area (Å²) >= 11 is 3.75. The summed E-state index contributed by atoms with van der Waals surface area (Å²) in [7, 11) is 0. The number of benzene rings is 3. The maximum Gasteiger partial charge on any atom is 0.313 e. The van der Waals surface area contributed by atoms with Crippen molar-refractivity contribution in [1.29, 1.82) is 0 Å².